The number of carbonyl (C=O) groups excluding carboxylic acids is 2. The molecule has 6 nitrogen and oxygen atoms in total. The molecule has 1 aliphatic rings. The zero-order valence-corrected chi connectivity index (χ0v) is 18.4. The van der Waals surface area contributed by atoms with E-state index in [9.17, 15) is 9.59 Å². The molecule has 3 heterocycles. The Balaban J connectivity index is 1.48. The summed E-state index contributed by atoms with van der Waals surface area (Å²) in [4.78, 5) is 29.4. The van der Waals surface area contributed by atoms with E-state index in [1.54, 1.807) is 0 Å². The monoisotopic (exact) mass is 440 g/mol. The van der Waals surface area contributed by atoms with Gasteiger partial charge in [-0.25, -0.2) is 0 Å². The number of aromatic nitrogens is 2. The first-order chi connectivity index (χ1) is 14.6. The van der Waals surface area contributed by atoms with Crippen molar-refractivity contribution >= 4 is 34.9 Å². The highest BCUT2D eigenvalue weighted by molar-refractivity contribution is 7.08. The molecule has 2 aromatic heterocycles. The molecule has 2 amide bonds. The van der Waals surface area contributed by atoms with Crippen molar-refractivity contribution in [1.29, 1.82) is 0 Å². The number of rotatable bonds is 6. The summed E-state index contributed by atoms with van der Waals surface area (Å²) in [6.07, 6.45) is 4.07. The number of likely N-dealkylation sites (N-methyl/N-ethyl adjacent to an activating group) is 1. The van der Waals surface area contributed by atoms with Gasteiger partial charge in [0.2, 0.25) is 0 Å². The molecule has 1 aliphatic heterocycles. The molecule has 1 saturated heterocycles. The predicted molar refractivity (Wildman–Crippen MR) is 119 cm³/mol. The summed E-state index contributed by atoms with van der Waals surface area (Å²) in [5.41, 5.74) is 2.38. The molecule has 3 aromatic rings. The van der Waals surface area contributed by atoms with Crippen molar-refractivity contribution in [3.05, 3.63) is 70.2 Å². The lowest BCUT2D eigenvalue weighted by Crippen LogP contribution is -2.48. The van der Waals surface area contributed by atoms with E-state index in [1.807, 2.05) is 51.9 Å². The molecule has 30 heavy (non-hydrogen) atoms. The number of likely N-dealkylation sites (tertiary alicyclic amines) is 1. The number of carbonyl (C=O) groups is 2. The van der Waals surface area contributed by atoms with Crippen molar-refractivity contribution in [2.45, 2.75) is 25.3 Å². The fourth-order valence-electron chi connectivity index (χ4n) is 4.12. The number of hydrogen-bond donors (Lipinski definition) is 0. The van der Waals surface area contributed by atoms with Crippen molar-refractivity contribution in [3.63, 3.8) is 0 Å². The van der Waals surface area contributed by atoms with Crippen molar-refractivity contribution < 1.29 is 9.59 Å². The Labute approximate surface area is 184 Å². The Hall–Kier alpha value is -2.58. The van der Waals surface area contributed by atoms with Crippen LogP contribution in [0.15, 0.2) is 53.4 Å². The maximum atomic E-state index is 13.1. The predicted octanol–water partition coefficient (Wildman–Crippen LogP) is 3.84. The normalized spacial score (nSPS) is 15.7. The highest BCUT2D eigenvalue weighted by Gasteiger charge is 2.33. The van der Waals surface area contributed by atoms with Crippen LogP contribution >= 0.6 is 23.1 Å². The lowest BCUT2D eigenvalue weighted by atomic mass is 9.84. The van der Waals surface area contributed by atoms with Crippen molar-refractivity contribution in [2.75, 3.05) is 20.1 Å². The summed E-state index contributed by atoms with van der Waals surface area (Å²) in [6.45, 7) is 1.35. The van der Waals surface area contributed by atoms with Crippen LogP contribution in [0.25, 0.3) is 0 Å². The van der Waals surface area contributed by atoms with E-state index >= 15 is 0 Å². The van der Waals surface area contributed by atoms with Crippen LogP contribution in [0.5, 0.6) is 0 Å². The number of thiophene rings is 1. The molecule has 0 N–H and O–H groups in total. The van der Waals surface area contributed by atoms with Crippen molar-refractivity contribution in [3.8, 4) is 0 Å². The second-order valence-corrected chi connectivity index (χ2v) is 8.94. The molecule has 1 aromatic carbocycles. The molecule has 1 atom stereocenters. The molecule has 4 rings (SSSR count). The highest BCUT2D eigenvalue weighted by atomic mass is 32.1. The van der Waals surface area contributed by atoms with E-state index in [0.717, 1.165) is 36.6 Å². The van der Waals surface area contributed by atoms with Crippen molar-refractivity contribution in [2.24, 2.45) is 5.92 Å². The second-order valence-electron chi connectivity index (χ2n) is 7.61. The van der Waals surface area contributed by atoms with Crippen LogP contribution in [-0.4, -0.2) is 56.5 Å². The summed E-state index contributed by atoms with van der Waals surface area (Å²) in [6, 6.07) is 12.3. The van der Waals surface area contributed by atoms with Crippen LogP contribution in [0.3, 0.4) is 0 Å². The van der Waals surface area contributed by atoms with Crippen LogP contribution in [0.4, 0.5) is 0 Å². The van der Waals surface area contributed by atoms with E-state index in [-0.39, 0.29) is 17.9 Å². The van der Waals surface area contributed by atoms with Gasteiger partial charge in [-0.05, 0) is 42.2 Å². The summed E-state index contributed by atoms with van der Waals surface area (Å²) < 4.78 is 8.00. The molecular weight excluding hydrogens is 416 g/mol. The summed E-state index contributed by atoms with van der Waals surface area (Å²) in [5, 5.41) is 3.84. The largest absolute Gasteiger partial charge is 0.338 e. The quantitative estimate of drug-likeness (QED) is 0.584. The van der Waals surface area contributed by atoms with E-state index < -0.39 is 0 Å². The van der Waals surface area contributed by atoms with Gasteiger partial charge in [0.1, 0.15) is 0 Å². The van der Waals surface area contributed by atoms with Crippen LogP contribution in [0, 0.1) is 5.92 Å². The van der Waals surface area contributed by atoms with Gasteiger partial charge in [-0.3, -0.25) is 9.59 Å². The van der Waals surface area contributed by atoms with E-state index in [4.69, 9.17) is 0 Å². The summed E-state index contributed by atoms with van der Waals surface area (Å²) in [5.74, 6) is 0.337. The van der Waals surface area contributed by atoms with Gasteiger partial charge < -0.3 is 9.80 Å². The fraction of sp³-hybridized carbons (Fsp3) is 0.364. The minimum atomic E-state index is -0.0514. The maximum Gasteiger partial charge on any atom is 0.275 e. The first-order valence-corrected chi connectivity index (χ1v) is 11.7. The summed E-state index contributed by atoms with van der Waals surface area (Å²) in [7, 11) is 1.91. The molecule has 0 aliphatic carbocycles. The van der Waals surface area contributed by atoms with E-state index in [0.29, 0.717) is 24.7 Å². The van der Waals surface area contributed by atoms with Gasteiger partial charge in [0.25, 0.3) is 11.8 Å². The van der Waals surface area contributed by atoms with Gasteiger partial charge >= 0.3 is 0 Å². The molecule has 0 radical (unpaired) electrons. The van der Waals surface area contributed by atoms with Gasteiger partial charge in [0.15, 0.2) is 5.69 Å². The zero-order valence-electron chi connectivity index (χ0n) is 16.8. The molecule has 0 spiro atoms. The SMILES string of the molecule is CN(C(=O)c1ccsc1)C(Cc1ccccc1)C1CCN(C(=O)c2cnsn2)CC1. The molecule has 8 heteroatoms. The maximum absolute atomic E-state index is 13.1. The fourth-order valence-corrected chi connectivity index (χ4v) is 5.16. The van der Waals surface area contributed by atoms with Crippen LogP contribution in [0.2, 0.25) is 0 Å². The van der Waals surface area contributed by atoms with Gasteiger partial charge in [0, 0.05) is 31.6 Å². The van der Waals surface area contributed by atoms with Crippen LogP contribution < -0.4 is 0 Å². The average Bonchev–Trinajstić information content (AvgIpc) is 3.51. The van der Waals surface area contributed by atoms with Gasteiger partial charge in [-0.1, -0.05) is 30.3 Å². The van der Waals surface area contributed by atoms with E-state index in [2.05, 4.69) is 20.9 Å². The lowest BCUT2D eigenvalue weighted by molar-refractivity contribution is 0.0520. The van der Waals surface area contributed by atoms with Gasteiger partial charge in [-0.15, -0.1) is 0 Å². The van der Waals surface area contributed by atoms with E-state index in [1.165, 1.54) is 23.1 Å². The van der Waals surface area contributed by atoms with Gasteiger partial charge in [-0.2, -0.15) is 20.1 Å². The number of piperidine rings is 1. The smallest absolute Gasteiger partial charge is 0.275 e. The molecule has 0 bridgehead atoms. The average molecular weight is 441 g/mol. The molecule has 1 fully saturated rings. The lowest BCUT2D eigenvalue weighted by Gasteiger charge is -2.40. The Morgan fingerprint density at radius 3 is 2.60 bits per heavy atom. The number of nitrogens with zero attached hydrogens (tertiary/aromatic N) is 4. The van der Waals surface area contributed by atoms with Gasteiger partial charge in [0.05, 0.1) is 23.5 Å². The Kier molecular flexibility index (Phi) is 6.54. The Morgan fingerprint density at radius 1 is 1.20 bits per heavy atom. The Morgan fingerprint density at radius 2 is 1.97 bits per heavy atom. The number of benzene rings is 1. The summed E-state index contributed by atoms with van der Waals surface area (Å²) >= 11 is 2.59. The zero-order chi connectivity index (χ0) is 20.9. The molecular formula is C22H24N4O2S2. The second kappa shape index (κ2) is 9.49. The first-order valence-electron chi connectivity index (χ1n) is 10.0. The molecule has 156 valence electrons. The third-order valence-electron chi connectivity index (χ3n) is 5.83. The van der Waals surface area contributed by atoms with Crippen molar-refractivity contribution in [1.82, 2.24) is 18.5 Å². The highest BCUT2D eigenvalue weighted by Crippen LogP contribution is 2.28. The van der Waals surface area contributed by atoms with Crippen LogP contribution in [-0.2, 0) is 6.42 Å². The third kappa shape index (κ3) is 4.60. The topological polar surface area (TPSA) is 66.4 Å². The number of hydrogen-bond acceptors (Lipinski definition) is 6. The molecule has 0 saturated carbocycles. The minimum absolute atomic E-state index is 0.0514. The molecule has 1 unspecified atom stereocenters. The third-order valence-corrected chi connectivity index (χ3v) is 6.99. The number of amides is 2. The van der Waals surface area contributed by atoms with Crippen LogP contribution in [0.1, 0.15) is 39.3 Å². The Bertz CT molecular complexity index is 952. The first kappa shape index (κ1) is 20.7. The minimum Gasteiger partial charge on any atom is -0.338 e. The standard InChI is InChI=1S/C22H24N4O2S2/c1-25(21(27)18-9-12-29-15-18)20(13-16-5-3-2-4-6-16)17-7-10-26(11-8-17)22(28)19-14-23-30-24-19/h2-6,9,12,14-15,17,20H,7-8,10-11,13H2,1H3.